The molecule has 0 aliphatic carbocycles. The number of fused-ring (bicyclic) bond motifs is 1. The van der Waals surface area contributed by atoms with E-state index in [1.807, 2.05) is 42.5 Å². The number of ether oxygens (including phenoxy) is 2. The Bertz CT molecular complexity index is 707. The Hall–Kier alpha value is -2.49. The van der Waals surface area contributed by atoms with Crippen LogP contribution in [0.5, 0.6) is 11.5 Å². The fourth-order valence-corrected chi connectivity index (χ4v) is 3.04. The van der Waals surface area contributed by atoms with Gasteiger partial charge in [-0.1, -0.05) is 44.2 Å². The number of carbonyl (C=O) groups is 1. The van der Waals surface area contributed by atoms with Gasteiger partial charge in [0.2, 0.25) is 6.79 Å². The second kappa shape index (κ2) is 6.32. The van der Waals surface area contributed by atoms with Gasteiger partial charge in [-0.05, 0) is 34.7 Å². The van der Waals surface area contributed by atoms with E-state index >= 15 is 0 Å². The first kappa shape index (κ1) is 15.4. The van der Waals surface area contributed by atoms with Crippen LogP contribution in [0.1, 0.15) is 48.8 Å². The fourth-order valence-electron chi connectivity index (χ4n) is 3.04. The van der Waals surface area contributed by atoms with Gasteiger partial charge in [0.1, 0.15) is 0 Å². The van der Waals surface area contributed by atoms with E-state index in [9.17, 15) is 9.90 Å². The molecule has 4 nitrogen and oxygen atoms in total. The molecule has 0 radical (unpaired) electrons. The third kappa shape index (κ3) is 3.16. The van der Waals surface area contributed by atoms with E-state index in [0.29, 0.717) is 5.75 Å². The minimum atomic E-state index is -0.814. The molecular weight excluding hydrogens is 292 g/mol. The van der Waals surface area contributed by atoms with Gasteiger partial charge in [0.05, 0.1) is 6.42 Å². The lowest BCUT2D eigenvalue weighted by atomic mass is 9.82. The molecule has 4 heteroatoms. The number of carboxylic acids is 1. The maximum absolute atomic E-state index is 11.4. The Morgan fingerprint density at radius 2 is 1.70 bits per heavy atom. The highest BCUT2D eigenvalue weighted by molar-refractivity contribution is 5.69. The second-order valence-electron chi connectivity index (χ2n) is 6.05. The summed E-state index contributed by atoms with van der Waals surface area (Å²) in [6.07, 6.45) is 0.0450. The van der Waals surface area contributed by atoms with Crippen molar-refractivity contribution >= 4 is 5.97 Å². The van der Waals surface area contributed by atoms with Crippen molar-refractivity contribution in [1.82, 2.24) is 0 Å². The second-order valence-corrected chi connectivity index (χ2v) is 6.05. The summed E-state index contributed by atoms with van der Waals surface area (Å²) in [6.45, 7) is 4.42. The number of benzene rings is 2. The normalized spacial score (nSPS) is 14.0. The van der Waals surface area contributed by atoms with E-state index < -0.39 is 5.97 Å². The average molecular weight is 312 g/mol. The zero-order chi connectivity index (χ0) is 16.4. The maximum atomic E-state index is 11.4. The molecule has 1 heterocycles. The highest BCUT2D eigenvalue weighted by atomic mass is 16.7. The van der Waals surface area contributed by atoms with Crippen molar-refractivity contribution < 1.29 is 19.4 Å². The predicted octanol–water partition coefficient (Wildman–Crippen LogP) is 4.15. The fraction of sp³-hybridized carbons (Fsp3) is 0.316. The van der Waals surface area contributed by atoms with Crippen LogP contribution >= 0.6 is 0 Å². The van der Waals surface area contributed by atoms with E-state index in [1.165, 1.54) is 0 Å². The topological polar surface area (TPSA) is 55.8 Å². The highest BCUT2D eigenvalue weighted by Gasteiger charge is 2.26. The molecule has 0 spiro atoms. The van der Waals surface area contributed by atoms with Gasteiger partial charge in [-0.25, -0.2) is 0 Å². The van der Waals surface area contributed by atoms with E-state index in [1.54, 1.807) is 0 Å². The molecule has 1 atom stereocenters. The molecule has 0 saturated carbocycles. The summed E-state index contributed by atoms with van der Waals surface area (Å²) < 4.78 is 11.0. The van der Waals surface area contributed by atoms with Crippen LogP contribution in [0.2, 0.25) is 0 Å². The smallest absolute Gasteiger partial charge is 0.304 e. The first-order valence-corrected chi connectivity index (χ1v) is 7.76. The molecule has 120 valence electrons. The Kier molecular flexibility index (Phi) is 4.24. The van der Waals surface area contributed by atoms with Crippen LogP contribution in [0.15, 0.2) is 42.5 Å². The summed E-state index contributed by atoms with van der Waals surface area (Å²) >= 11 is 0. The lowest BCUT2D eigenvalue weighted by Crippen LogP contribution is -2.11. The lowest BCUT2D eigenvalue weighted by Gasteiger charge is -2.22. The summed E-state index contributed by atoms with van der Waals surface area (Å²) in [6, 6.07) is 13.7. The van der Waals surface area contributed by atoms with Gasteiger partial charge >= 0.3 is 5.97 Å². The summed E-state index contributed by atoms with van der Waals surface area (Å²) in [5.74, 6) is 0.668. The molecule has 1 N–H and O–H groups in total. The largest absolute Gasteiger partial charge is 0.481 e. The van der Waals surface area contributed by atoms with Crippen LogP contribution in [-0.2, 0) is 4.79 Å². The van der Waals surface area contributed by atoms with Gasteiger partial charge in [0.25, 0.3) is 0 Å². The number of carboxylic acid groups (broad SMARTS) is 1. The minimum Gasteiger partial charge on any atom is -0.481 e. The molecule has 1 aliphatic heterocycles. The van der Waals surface area contributed by atoms with Crippen LogP contribution in [-0.4, -0.2) is 17.9 Å². The van der Waals surface area contributed by atoms with Crippen molar-refractivity contribution in [3.05, 3.63) is 59.2 Å². The maximum Gasteiger partial charge on any atom is 0.304 e. The van der Waals surface area contributed by atoms with Crippen molar-refractivity contribution in [3.8, 4) is 11.5 Å². The van der Waals surface area contributed by atoms with E-state index in [-0.39, 0.29) is 25.0 Å². The molecule has 3 rings (SSSR count). The van der Waals surface area contributed by atoms with Gasteiger partial charge in [-0.2, -0.15) is 0 Å². The lowest BCUT2D eigenvalue weighted by molar-refractivity contribution is -0.137. The van der Waals surface area contributed by atoms with Crippen LogP contribution < -0.4 is 9.47 Å². The number of hydrogen-bond acceptors (Lipinski definition) is 3. The van der Waals surface area contributed by atoms with Crippen LogP contribution in [0.4, 0.5) is 0 Å². The average Bonchev–Trinajstić information content (AvgIpc) is 2.99. The number of aliphatic carboxylic acids is 1. The summed E-state index contributed by atoms with van der Waals surface area (Å²) in [5, 5.41) is 9.37. The molecule has 1 aliphatic rings. The first-order valence-electron chi connectivity index (χ1n) is 7.76. The molecular formula is C19H20O4. The third-order valence-electron chi connectivity index (χ3n) is 4.16. The van der Waals surface area contributed by atoms with Crippen LogP contribution in [0.3, 0.4) is 0 Å². The van der Waals surface area contributed by atoms with Crippen molar-refractivity contribution in [1.29, 1.82) is 0 Å². The molecule has 0 bridgehead atoms. The molecule has 0 fully saturated rings. The van der Waals surface area contributed by atoms with Crippen molar-refractivity contribution in [2.24, 2.45) is 0 Å². The summed E-state index contributed by atoms with van der Waals surface area (Å²) in [5.41, 5.74) is 3.10. The minimum absolute atomic E-state index is 0.0450. The van der Waals surface area contributed by atoms with Crippen molar-refractivity contribution in [2.75, 3.05) is 6.79 Å². The molecule has 23 heavy (non-hydrogen) atoms. The highest BCUT2D eigenvalue weighted by Crippen LogP contribution is 2.42. The molecule has 0 aromatic heterocycles. The van der Waals surface area contributed by atoms with E-state index in [0.717, 1.165) is 22.4 Å². The van der Waals surface area contributed by atoms with E-state index in [4.69, 9.17) is 9.47 Å². The zero-order valence-electron chi connectivity index (χ0n) is 13.3. The van der Waals surface area contributed by atoms with Gasteiger partial charge in [-0.3, -0.25) is 4.79 Å². The van der Waals surface area contributed by atoms with E-state index in [2.05, 4.69) is 13.8 Å². The Labute approximate surface area is 135 Å². The Morgan fingerprint density at radius 1 is 1.09 bits per heavy atom. The van der Waals surface area contributed by atoms with Gasteiger partial charge in [-0.15, -0.1) is 0 Å². The predicted molar refractivity (Wildman–Crippen MR) is 87.2 cm³/mol. The third-order valence-corrected chi connectivity index (χ3v) is 4.16. The SMILES string of the molecule is CC(C)c1cc2c(cc1C(CC(=O)O)c1ccccc1)OCO2. The Balaban J connectivity index is 2.13. The summed E-state index contributed by atoms with van der Waals surface area (Å²) in [7, 11) is 0. The molecule has 1 unspecified atom stereocenters. The zero-order valence-corrected chi connectivity index (χ0v) is 13.3. The monoisotopic (exact) mass is 312 g/mol. The van der Waals surface area contributed by atoms with Crippen molar-refractivity contribution in [3.63, 3.8) is 0 Å². The first-order chi connectivity index (χ1) is 11.1. The van der Waals surface area contributed by atoms with Crippen LogP contribution in [0.25, 0.3) is 0 Å². The standard InChI is InChI=1S/C19H20O4/c1-12(2)14-8-17-18(23-11-22-17)9-16(14)15(10-19(20)21)13-6-4-3-5-7-13/h3-9,12,15H,10-11H2,1-2H3,(H,20,21). The molecule has 2 aromatic carbocycles. The Morgan fingerprint density at radius 3 is 2.26 bits per heavy atom. The van der Waals surface area contributed by atoms with Gasteiger partial charge in [0, 0.05) is 5.92 Å². The number of rotatable bonds is 5. The van der Waals surface area contributed by atoms with Gasteiger partial charge < -0.3 is 14.6 Å². The molecule has 0 saturated heterocycles. The van der Waals surface area contributed by atoms with Crippen LogP contribution in [0, 0.1) is 0 Å². The van der Waals surface area contributed by atoms with Gasteiger partial charge in [0.15, 0.2) is 11.5 Å². The molecule has 2 aromatic rings. The molecule has 0 amide bonds. The quantitative estimate of drug-likeness (QED) is 0.901. The number of hydrogen-bond donors (Lipinski definition) is 1. The summed E-state index contributed by atoms with van der Waals surface area (Å²) in [4.78, 5) is 11.4. The van der Waals surface area contributed by atoms with Crippen molar-refractivity contribution in [2.45, 2.75) is 32.1 Å².